The van der Waals surface area contributed by atoms with Gasteiger partial charge in [-0.3, -0.25) is 4.99 Å². The van der Waals surface area contributed by atoms with Crippen LogP contribution in [0, 0.1) is 0 Å². The Balaban J connectivity index is 2.10. The van der Waals surface area contributed by atoms with Crippen molar-refractivity contribution in [2.75, 3.05) is 6.61 Å². The summed E-state index contributed by atoms with van der Waals surface area (Å²) < 4.78 is 5.37. The van der Waals surface area contributed by atoms with E-state index < -0.39 is 0 Å². The van der Waals surface area contributed by atoms with Crippen LogP contribution in [-0.2, 0) is 6.42 Å². The van der Waals surface area contributed by atoms with Gasteiger partial charge in [0.2, 0.25) is 0 Å². The molecule has 0 amide bonds. The fourth-order valence-electron chi connectivity index (χ4n) is 2.19. The molecule has 0 aromatic heterocycles. The zero-order chi connectivity index (χ0) is 15.8. The molecular formula is C19H23NO2. The molecule has 0 aliphatic carbocycles. The summed E-state index contributed by atoms with van der Waals surface area (Å²) in [5.41, 5.74) is 2.87. The zero-order valence-corrected chi connectivity index (χ0v) is 13.2. The van der Waals surface area contributed by atoms with Crippen molar-refractivity contribution in [3.05, 3.63) is 53.6 Å². The number of benzene rings is 2. The number of phenols is 1. The number of ether oxygens (including phenoxy) is 1. The molecular weight excluding hydrogens is 274 g/mol. The van der Waals surface area contributed by atoms with E-state index in [4.69, 9.17) is 4.74 Å². The molecule has 3 nitrogen and oxygen atoms in total. The van der Waals surface area contributed by atoms with Crippen molar-refractivity contribution in [3.8, 4) is 11.5 Å². The first-order valence-corrected chi connectivity index (χ1v) is 7.82. The van der Waals surface area contributed by atoms with Crippen LogP contribution >= 0.6 is 0 Å². The third-order valence-electron chi connectivity index (χ3n) is 3.44. The molecule has 2 rings (SSSR count). The molecule has 0 unspecified atom stereocenters. The van der Waals surface area contributed by atoms with E-state index in [1.165, 1.54) is 18.4 Å². The SMILES string of the molecule is CCCCc1ccc(N=Cc2cccc(OCC)c2O)cc1. The van der Waals surface area contributed by atoms with Gasteiger partial charge in [-0.05, 0) is 49.6 Å². The van der Waals surface area contributed by atoms with Gasteiger partial charge in [-0.1, -0.05) is 31.5 Å². The standard InChI is InChI=1S/C19H23NO2/c1-3-5-7-15-10-12-17(13-11-15)20-14-16-8-6-9-18(19(16)21)22-4-2/h6,8-14,21H,3-5,7H2,1-2H3. The Hall–Kier alpha value is -2.29. The summed E-state index contributed by atoms with van der Waals surface area (Å²) in [4.78, 5) is 4.42. The molecule has 0 fully saturated rings. The molecule has 0 saturated heterocycles. The third kappa shape index (κ3) is 4.35. The van der Waals surface area contributed by atoms with E-state index >= 15 is 0 Å². The van der Waals surface area contributed by atoms with Gasteiger partial charge in [0.1, 0.15) is 0 Å². The minimum absolute atomic E-state index is 0.132. The van der Waals surface area contributed by atoms with Crippen LogP contribution < -0.4 is 4.74 Å². The second-order valence-electron chi connectivity index (χ2n) is 5.16. The monoisotopic (exact) mass is 297 g/mol. The summed E-state index contributed by atoms with van der Waals surface area (Å²) in [6.45, 7) is 4.61. The number of unbranched alkanes of at least 4 members (excludes halogenated alkanes) is 1. The number of phenolic OH excluding ortho intramolecular Hbond substituents is 1. The molecule has 22 heavy (non-hydrogen) atoms. The van der Waals surface area contributed by atoms with Crippen molar-refractivity contribution < 1.29 is 9.84 Å². The maximum atomic E-state index is 10.1. The highest BCUT2D eigenvalue weighted by molar-refractivity contribution is 5.86. The molecule has 2 aromatic carbocycles. The average Bonchev–Trinajstić information content (AvgIpc) is 2.55. The fraction of sp³-hybridized carbons (Fsp3) is 0.316. The Kier molecular flexibility index (Phi) is 6.01. The molecule has 116 valence electrons. The average molecular weight is 297 g/mol. The van der Waals surface area contributed by atoms with E-state index in [-0.39, 0.29) is 5.75 Å². The summed E-state index contributed by atoms with van der Waals surface area (Å²) in [5.74, 6) is 0.619. The number of aliphatic imine (C=N–C) groups is 1. The predicted molar refractivity (Wildman–Crippen MR) is 91.6 cm³/mol. The van der Waals surface area contributed by atoms with Crippen LogP contribution in [0.3, 0.4) is 0 Å². The number of hydrogen-bond donors (Lipinski definition) is 1. The topological polar surface area (TPSA) is 41.8 Å². The number of para-hydroxylation sites is 1. The zero-order valence-electron chi connectivity index (χ0n) is 13.2. The van der Waals surface area contributed by atoms with Crippen LogP contribution in [0.4, 0.5) is 5.69 Å². The molecule has 0 radical (unpaired) electrons. The predicted octanol–water partition coefficient (Wildman–Crippen LogP) is 4.88. The first kappa shape index (κ1) is 16.1. The molecule has 3 heteroatoms. The minimum atomic E-state index is 0.132. The highest BCUT2D eigenvalue weighted by atomic mass is 16.5. The molecule has 0 atom stereocenters. The lowest BCUT2D eigenvalue weighted by atomic mass is 10.1. The van der Waals surface area contributed by atoms with Gasteiger partial charge in [0.05, 0.1) is 12.3 Å². The first-order chi connectivity index (χ1) is 10.7. The van der Waals surface area contributed by atoms with E-state index in [1.807, 2.05) is 31.2 Å². The van der Waals surface area contributed by atoms with E-state index in [0.29, 0.717) is 17.9 Å². The summed E-state index contributed by atoms with van der Waals surface area (Å²) in [6, 6.07) is 13.6. The summed E-state index contributed by atoms with van der Waals surface area (Å²) in [7, 11) is 0. The van der Waals surface area contributed by atoms with Gasteiger partial charge in [-0.15, -0.1) is 0 Å². The van der Waals surface area contributed by atoms with Crippen LogP contribution in [0.1, 0.15) is 37.8 Å². The Bertz CT molecular complexity index is 618. The van der Waals surface area contributed by atoms with Gasteiger partial charge < -0.3 is 9.84 Å². The molecule has 0 saturated carbocycles. The molecule has 0 heterocycles. The number of aromatic hydroxyl groups is 1. The van der Waals surface area contributed by atoms with E-state index in [9.17, 15) is 5.11 Å². The first-order valence-electron chi connectivity index (χ1n) is 7.82. The van der Waals surface area contributed by atoms with E-state index in [0.717, 1.165) is 12.1 Å². The number of rotatable bonds is 7. The third-order valence-corrected chi connectivity index (χ3v) is 3.44. The fourth-order valence-corrected chi connectivity index (χ4v) is 2.19. The largest absolute Gasteiger partial charge is 0.504 e. The van der Waals surface area contributed by atoms with Crippen molar-refractivity contribution in [1.82, 2.24) is 0 Å². The maximum Gasteiger partial charge on any atom is 0.166 e. The van der Waals surface area contributed by atoms with Crippen molar-refractivity contribution >= 4 is 11.9 Å². The Morgan fingerprint density at radius 2 is 1.86 bits per heavy atom. The van der Waals surface area contributed by atoms with Gasteiger partial charge in [0, 0.05) is 11.8 Å². The molecule has 0 spiro atoms. The number of aryl methyl sites for hydroxylation is 1. The number of nitrogens with zero attached hydrogens (tertiary/aromatic N) is 1. The lowest BCUT2D eigenvalue weighted by Gasteiger charge is -2.07. The summed E-state index contributed by atoms with van der Waals surface area (Å²) in [6.07, 6.45) is 5.19. The normalized spacial score (nSPS) is 11.0. The Morgan fingerprint density at radius 3 is 2.55 bits per heavy atom. The van der Waals surface area contributed by atoms with Crippen LogP contribution in [-0.4, -0.2) is 17.9 Å². The quantitative estimate of drug-likeness (QED) is 0.740. The smallest absolute Gasteiger partial charge is 0.166 e. The minimum Gasteiger partial charge on any atom is -0.504 e. The molecule has 2 aromatic rings. The van der Waals surface area contributed by atoms with Gasteiger partial charge in [0.15, 0.2) is 11.5 Å². The van der Waals surface area contributed by atoms with Gasteiger partial charge in [-0.25, -0.2) is 0 Å². The summed E-state index contributed by atoms with van der Waals surface area (Å²) in [5, 5.41) is 10.1. The van der Waals surface area contributed by atoms with Gasteiger partial charge >= 0.3 is 0 Å². The van der Waals surface area contributed by atoms with Crippen molar-refractivity contribution in [2.24, 2.45) is 4.99 Å². The highest BCUT2D eigenvalue weighted by Crippen LogP contribution is 2.29. The van der Waals surface area contributed by atoms with Crippen LogP contribution in [0.2, 0.25) is 0 Å². The van der Waals surface area contributed by atoms with Crippen molar-refractivity contribution in [3.63, 3.8) is 0 Å². The van der Waals surface area contributed by atoms with Gasteiger partial charge in [0.25, 0.3) is 0 Å². The van der Waals surface area contributed by atoms with Crippen LogP contribution in [0.15, 0.2) is 47.5 Å². The highest BCUT2D eigenvalue weighted by Gasteiger charge is 2.05. The van der Waals surface area contributed by atoms with E-state index in [1.54, 1.807) is 12.3 Å². The Labute approximate surface area is 132 Å². The van der Waals surface area contributed by atoms with Crippen LogP contribution in [0.25, 0.3) is 0 Å². The van der Waals surface area contributed by atoms with E-state index in [2.05, 4.69) is 24.0 Å². The molecule has 0 aliphatic heterocycles. The second kappa shape index (κ2) is 8.23. The maximum absolute atomic E-state index is 10.1. The summed E-state index contributed by atoms with van der Waals surface area (Å²) >= 11 is 0. The Morgan fingerprint density at radius 1 is 1.09 bits per heavy atom. The van der Waals surface area contributed by atoms with Crippen molar-refractivity contribution in [1.29, 1.82) is 0 Å². The number of hydrogen-bond acceptors (Lipinski definition) is 3. The van der Waals surface area contributed by atoms with Crippen molar-refractivity contribution in [2.45, 2.75) is 33.1 Å². The molecule has 0 bridgehead atoms. The lowest BCUT2D eigenvalue weighted by Crippen LogP contribution is -1.93. The van der Waals surface area contributed by atoms with Gasteiger partial charge in [-0.2, -0.15) is 0 Å². The molecule has 0 aliphatic rings. The van der Waals surface area contributed by atoms with Crippen LogP contribution in [0.5, 0.6) is 11.5 Å². The second-order valence-corrected chi connectivity index (χ2v) is 5.16. The molecule has 1 N–H and O–H groups in total. The lowest BCUT2D eigenvalue weighted by molar-refractivity contribution is 0.318.